The maximum atomic E-state index is 12.9. The predicted octanol–water partition coefficient (Wildman–Crippen LogP) is 6.04. The van der Waals surface area contributed by atoms with E-state index in [2.05, 4.69) is 22.0 Å². The number of thioether (sulfide) groups is 1. The molecule has 1 aromatic heterocycles. The number of rotatable bonds is 9. The van der Waals surface area contributed by atoms with Gasteiger partial charge < -0.3 is 16.0 Å². The molecule has 3 N–H and O–H groups in total. The van der Waals surface area contributed by atoms with Crippen molar-refractivity contribution in [1.82, 2.24) is 0 Å². The largest absolute Gasteiger partial charge is 0.326 e. The molecule has 0 spiro atoms. The third-order valence-electron chi connectivity index (χ3n) is 5.01. The summed E-state index contributed by atoms with van der Waals surface area (Å²) in [5.41, 5.74) is 2.12. The van der Waals surface area contributed by atoms with Gasteiger partial charge in [0.1, 0.15) is 11.1 Å². The molecule has 1 atom stereocenters. The van der Waals surface area contributed by atoms with Crippen molar-refractivity contribution in [2.45, 2.75) is 43.8 Å². The van der Waals surface area contributed by atoms with Gasteiger partial charge in [-0.2, -0.15) is 5.26 Å². The first kappa shape index (κ1) is 26.0. The zero-order chi connectivity index (χ0) is 25.4. The molecule has 1 unspecified atom stereocenters. The summed E-state index contributed by atoms with van der Waals surface area (Å²) < 4.78 is 0. The molecule has 0 fully saturated rings. The van der Waals surface area contributed by atoms with Gasteiger partial charge in [-0.15, -0.1) is 23.1 Å². The van der Waals surface area contributed by atoms with Crippen LogP contribution >= 0.6 is 23.1 Å². The van der Waals surface area contributed by atoms with Gasteiger partial charge in [0.05, 0.1) is 15.7 Å². The van der Waals surface area contributed by atoms with Crippen LogP contribution in [0, 0.1) is 18.3 Å². The molecule has 0 aliphatic heterocycles. The Balaban J connectivity index is 1.69. The van der Waals surface area contributed by atoms with E-state index in [0.29, 0.717) is 33.2 Å². The van der Waals surface area contributed by atoms with Crippen LogP contribution in [0.3, 0.4) is 0 Å². The second-order valence-electron chi connectivity index (χ2n) is 7.77. The minimum Gasteiger partial charge on any atom is -0.326 e. The molecule has 0 radical (unpaired) electrons. The van der Waals surface area contributed by atoms with Gasteiger partial charge in [-0.25, -0.2) is 0 Å². The maximum absolute atomic E-state index is 12.9. The summed E-state index contributed by atoms with van der Waals surface area (Å²) >= 11 is 2.42. The summed E-state index contributed by atoms with van der Waals surface area (Å²) in [7, 11) is 0. The van der Waals surface area contributed by atoms with Gasteiger partial charge in [0.2, 0.25) is 11.8 Å². The molecule has 0 aliphatic rings. The highest BCUT2D eigenvalue weighted by atomic mass is 32.2. The molecule has 35 heavy (non-hydrogen) atoms. The maximum Gasteiger partial charge on any atom is 0.266 e. The first-order chi connectivity index (χ1) is 16.8. The number of benzene rings is 2. The van der Waals surface area contributed by atoms with E-state index >= 15 is 0 Å². The van der Waals surface area contributed by atoms with Crippen molar-refractivity contribution in [3.63, 3.8) is 0 Å². The number of anilines is 3. The van der Waals surface area contributed by atoms with Gasteiger partial charge in [0, 0.05) is 22.7 Å². The van der Waals surface area contributed by atoms with Gasteiger partial charge in [-0.1, -0.05) is 31.2 Å². The topological polar surface area (TPSA) is 111 Å². The molecule has 0 saturated carbocycles. The van der Waals surface area contributed by atoms with Gasteiger partial charge in [0.25, 0.3) is 5.91 Å². The van der Waals surface area contributed by atoms with Crippen LogP contribution in [-0.4, -0.2) is 23.0 Å². The smallest absolute Gasteiger partial charge is 0.266 e. The van der Waals surface area contributed by atoms with Crippen LogP contribution in [0.15, 0.2) is 59.5 Å². The average Bonchev–Trinajstić information content (AvgIpc) is 3.14. The number of hydrogen-bond acceptors (Lipinski definition) is 6. The van der Waals surface area contributed by atoms with E-state index in [0.717, 1.165) is 22.7 Å². The number of nitriles is 1. The molecular weight excluding hydrogens is 480 g/mol. The molecule has 7 nitrogen and oxygen atoms in total. The monoisotopic (exact) mass is 506 g/mol. The molecule has 3 rings (SSSR count). The van der Waals surface area contributed by atoms with Crippen LogP contribution in [0.2, 0.25) is 0 Å². The highest BCUT2D eigenvalue weighted by Gasteiger charge is 2.23. The Morgan fingerprint density at radius 3 is 2.43 bits per heavy atom. The molecule has 2 aromatic carbocycles. The summed E-state index contributed by atoms with van der Waals surface area (Å²) in [5, 5.41) is 18.0. The number of nitrogens with one attached hydrogen (secondary N) is 3. The quantitative estimate of drug-likeness (QED) is 0.307. The predicted molar refractivity (Wildman–Crippen MR) is 142 cm³/mol. The Morgan fingerprint density at radius 1 is 1.03 bits per heavy atom. The minimum atomic E-state index is -0.480. The van der Waals surface area contributed by atoms with Crippen molar-refractivity contribution >= 4 is 57.2 Å². The van der Waals surface area contributed by atoms with Crippen LogP contribution in [0.4, 0.5) is 16.4 Å². The van der Waals surface area contributed by atoms with Gasteiger partial charge >= 0.3 is 0 Å². The minimum absolute atomic E-state index is 0.0513. The van der Waals surface area contributed by atoms with E-state index in [1.54, 1.807) is 32.0 Å². The van der Waals surface area contributed by atoms with Crippen molar-refractivity contribution < 1.29 is 14.4 Å². The molecule has 0 bridgehead atoms. The standard InChI is InChI=1S/C26H26N4O3S2/c1-4-9-22(31)28-19-12-8-13-20(14-19)34-17(3)24(32)30-26-21(15-27)16(2)23(35-26)25(33)29-18-10-6-5-7-11-18/h5-8,10-14,17H,4,9H2,1-3H3,(H,28,31)(H,29,33)(H,30,32). The first-order valence-corrected chi connectivity index (χ1v) is 12.8. The zero-order valence-corrected chi connectivity index (χ0v) is 21.3. The number of nitrogens with zero attached hydrogens (tertiary/aromatic N) is 1. The molecule has 3 aromatic rings. The third-order valence-corrected chi connectivity index (χ3v) is 7.31. The second-order valence-corrected chi connectivity index (χ2v) is 10.2. The Morgan fingerprint density at radius 2 is 1.74 bits per heavy atom. The van der Waals surface area contributed by atoms with E-state index < -0.39 is 5.25 Å². The fourth-order valence-electron chi connectivity index (χ4n) is 3.23. The van der Waals surface area contributed by atoms with Crippen LogP contribution < -0.4 is 16.0 Å². The molecule has 0 saturated heterocycles. The normalized spacial score (nSPS) is 11.3. The van der Waals surface area contributed by atoms with E-state index in [4.69, 9.17) is 0 Å². The molecular formula is C26H26N4O3S2. The highest BCUT2D eigenvalue weighted by Crippen LogP contribution is 2.34. The van der Waals surface area contributed by atoms with Crippen molar-refractivity contribution in [2.24, 2.45) is 0 Å². The van der Waals surface area contributed by atoms with Crippen molar-refractivity contribution in [1.29, 1.82) is 5.26 Å². The van der Waals surface area contributed by atoms with Gasteiger partial charge in [0.15, 0.2) is 0 Å². The summed E-state index contributed by atoms with van der Waals surface area (Å²) in [6.45, 7) is 5.40. The summed E-state index contributed by atoms with van der Waals surface area (Å²) in [6, 6.07) is 18.5. The lowest BCUT2D eigenvalue weighted by atomic mass is 10.1. The van der Waals surface area contributed by atoms with Crippen molar-refractivity contribution in [3.05, 3.63) is 70.6 Å². The summed E-state index contributed by atoms with van der Waals surface area (Å²) in [4.78, 5) is 38.7. The fourth-order valence-corrected chi connectivity index (χ4v) is 5.21. The Hall–Kier alpha value is -3.61. The Bertz CT molecular complexity index is 1270. The number of para-hydroxylation sites is 1. The molecule has 3 amide bonds. The number of thiophene rings is 1. The van der Waals surface area contributed by atoms with E-state index in [9.17, 15) is 19.6 Å². The van der Waals surface area contributed by atoms with E-state index in [1.165, 1.54) is 11.8 Å². The molecule has 0 aliphatic carbocycles. The summed E-state index contributed by atoms with van der Waals surface area (Å²) in [6.07, 6.45) is 1.21. The van der Waals surface area contributed by atoms with Gasteiger partial charge in [-0.3, -0.25) is 14.4 Å². The van der Waals surface area contributed by atoms with E-state index in [-0.39, 0.29) is 23.3 Å². The molecule has 9 heteroatoms. The Kier molecular flexibility index (Phi) is 9.06. The van der Waals surface area contributed by atoms with Crippen LogP contribution in [0.5, 0.6) is 0 Å². The van der Waals surface area contributed by atoms with Crippen LogP contribution in [0.1, 0.15) is 47.5 Å². The van der Waals surface area contributed by atoms with Gasteiger partial charge in [-0.05, 0) is 56.2 Å². The third kappa shape index (κ3) is 6.94. The zero-order valence-electron chi connectivity index (χ0n) is 19.7. The first-order valence-electron chi connectivity index (χ1n) is 11.1. The lowest BCUT2D eigenvalue weighted by molar-refractivity contribution is -0.116. The summed E-state index contributed by atoms with van der Waals surface area (Å²) in [5.74, 6) is -0.673. The van der Waals surface area contributed by atoms with E-state index in [1.807, 2.05) is 43.3 Å². The Labute approximate surface area is 212 Å². The number of hydrogen-bond donors (Lipinski definition) is 3. The second kappa shape index (κ2) is 12.2. The molecule has 180 valence electrons. The van der Waals surface area contributed by atoms with Crippen LogP contribution in [0.25, 0.3) is 0 Å². The fraction of sp³-hybridized carbons (Fsp3) is 0.231. The van der Waals surface area contributed by atoms with Crippen molar-refractivity contribution in [2.75, 3.05) is 16.0 Å². The number of carbonyl (C=O) groups excluding carboxylic acids is 3. The highest BCUT2D eigenvalue weighted by molar-refractivity contribution is 8.00. The number of carbonyl (C=O) groups is 3. The van der Waals surface area contributed by atoms with Crippen molar-refractivity contribution in [3.8, 4) is 6.07 Å². The average molecular weight is 507 g/mol. The lowest BCUT2D eigenvalue weighted by Crippen LogP contribution is -2.22. The lowest BCUT2D eigenvalue weighted by Gasteiger charge is -2.12. The SMILES string of the molecule is CCCC(=O)Nc1cccc(SC(C)C(=O)Nc2sc(C(=O)Nc3ccccc3)c(C)c2C#N)c1. The van der Waals surface area contributed by atoms with Crippen LogP contribution in [-0.2, 0) is 9.59 Å². The molecule has 1 heterocycles. The number of amides is 3.